The molecule has 0 N–H and O–H groups in total. The molecule has 1 saturated heterocycles. The number of aryl methyl sites for hydroxylation is 1. The number of imidazole rings is 1. The molecule has 8 nitrogen and oxygen atoms in total. The molecule has 1 saturated carbocycles. The second kappa shape index (κ2) is 9.55. The molecule has 0 bridgehead atoms. The van der Waals surface area contributed by atoms with Crippen molar-refractivity contribution >= 4 is 5.52 Å². The number of nitrogens with zero attached hydrogens (tertiary/aromatic N) is 6. The Morgan fingerprint density at radius 2 is 1.95 bits per heavy atom. The average Bonchev–Trinajstić information content (AvgIpc) is 3.61. The number of likely N-dealkylation sites (tertiary alicyclic amines) is 1. The Morgan fingerprint density at radius 3 is 2.58 bits per heavy atom. The van der Waals surface area contributed by atoms with E-state index in [0.717, 1.165) is 21.9 Å². The van der Waals surface area contributed by atoms with Crippen molar-refractivity contribution in [2.45, 2.75) is 56.1 Å². The van der Waals surface area contributed by atoms with Crippen molar-refractivity contribution in [3.05, 3.63) is 82.1 Å². The third-order valence-electron chi connectivity index (χ3n) is 8.59. The molecular formula is C28H30F4N6O2. The lowest BCUT2D eigenvalue weighted by molar-refractivity contribution is -0.136. The van der Waals surface area contributed by atoms with E-state index < -0.39 is 35.1 Å². The summed E-state index contributed by atoms with van der Waals surface area (Å²) in [5.74, 6) is 0.753. The van der Waals surface area contributed by atoms with Crippen LogP contribution in [0.15, 0.2) is 53.8 Å². The highest BCUT2D eigenvalue weighted by Crippen LogP contribution is 2.49. The van der Waals surface area contributed by atoms with Crippen LogP contribution in [0.5, 0.6) is 0 Å². The Kier molecular flexibility index (Phi) is 6.37. The molecule has 40 heavy (non-hydrogen) atoms. The van der Waals surface area contributed by atoms with Crippen LogP contribution < -0.4 is 5.69 Å². The van der Waals surface area contributed by atoms with Crippen LogP contribution in [0.4, 0.5) is 17.6 Å². The minimum Gasteiger partial charge on any atom is -0.381 e. The first-order valence-electron chi connectivity index (χ1n) is 13.2. The molecule has 12 heteroatoms. The molecule has 2 atom stereocenters. The molecule has 1 aliphatic heterocycles. The summed E-state index contributed by atoms with van der Waals surface area (Å²) in [4.78, 5) is 15.4. The fourth-order valence-electron chi connectivity index (χ4n) is 6.26. The van der Waals surface area contributed by atoms with Crippen molar-refractivity contribution in [1.82, 2.24) is 28.6 Å². The second-order valence-electron chi connectivity index (χ2n) is 10.9. The van der Waals surface area contributed by atoms with Gasteiger partial charge in [-0.3, -0.25) is 13.9 Å². The summed E-state index contributed by atoms with van der Waals surface area (Å²) in [5.41, 5.74) is -0.648. The van der Waals surface area contributed by atoms with Crippen LogP contribution in [-0.2, 0) is 23.4 Å². The van der Waals surface area contributed by atoms with Crippen LogP contribution in [0.3, 0.4) is 0 Å². The summed E-state index contributed by atoms with van der Waals surface area (Å²) in [6.07, 6.45) is 0.280. The molecule has 6 rings (SSSR count). The molecule has 0 amide bonds. The maximum absolute atomic E-state index is 14.3. The lowest BCUT2D eigenvalue weighted by Crippen LogP contribution is -2.48. The molecule has 4 heterocycles. The van der Waals surface area contributed by atoms with E-state index in [1.165, 1.54) is 17.0 Å². The highest BCUT2D eigenvalue weighted by Gasteiger charge is 2.50. The van der Waals surface area contributed by atoms with Crippen LogP contribution in [0.1, 0.15) is 54.7 Å². The molecule has 1 aromatic carbocycles. The molecule has 0 unspecified atom stereocenters. The SMILES string of the molecule is COC1CC(c2cccc(-n3cc4c(C(F)(F)F)cc([C@H](C)N5CC[C@@H](F)C5)cn4c3=O)c2)(c2nncn2C)C1. The number of hydrogen-bond donors (Lipinski definition) is 0. The van der Waals surface area contributed by atoms with Gasteiger partial charge >= 0.3 is 11.9 Å². The quantitative estimate of drug-likeness (QED) is 0.328. The maximum Gasteiger partial charge on any atom is 0.418 e. The number of benzene rings is 1. The van der Waals surface area contributed by atoms with Gasteiger partial charge in [0.15, 0.2) is 0 Å². The Hall–Kier alpha value is -3.51. The lowest BCUT2D eigenvalue weighted by atomic mass is 9.62. The van der Waals surface area contributed by atoms with E-state index >= 15 is 0 Å². The molecule has 0 radical (unpaired) electrons. The largest absolute Gasteiger partial charge is 0.418 e. The van der Waals surface area contributed by atoms with Crippen molar-refractivity contribution < 1.29 is 22.3 Å². The predicted molar refractivity (Wildman–Crippen MR) is 139 cm³/mol. The zero-order chi connectivity index (χ0) is 28.4. The van der Waals surface area contributed by atoms with Crippen molar-refractivity contribution in [2.75, 3.05) is 20.2 Å². The van der Waals surface area contributed by atoms with E-state index in [2.05, 4.69) is 10.2 Å². The van der Waals surface area contributed by atoms with Crippen molar-refractivity contribution in [3.8, 4) is 5.69 Å². The van der Waals surface area contributed by atoms with Crippen molar-refractivity contribution in [2.24, 2.45) is 7.05 Å². The molecule has 3 aromatic heterocycles. The first-order valence-corrected chi connectivity index (χ1v) is 13.2. The van der Waals surface area contributed by atoms with E-state index in [1.807, 2.05) is 23.7 Å². The van der Waals surface area contributed by atoms with E-state index in [-0.39, 0.29) is 18.2 Å². The fraction of sp³-hybridized carbons (Fsp3) is 0.464. The summed E-state index contributed by atoms with van der Waals surface area (Å²) in [5, 5.41) is 8.38. The Bertz CT molecular complexity index is 1620. The summed E-state index contributed by atoms with van der Waals surface area (Å²) in [6, 6.07) is 7.83. The van der Waals surface area contributed by atoms with Crippen LogP contribution in [0.2, 0.25) is 0 Å². The first-order chi connectivity index (χ1) is 19.0. The predicted octanol–water partition coefficient (Wildman–Crippen LogP) is 4.44. The van der Waals surface area contributed by atoms with Crippen LogP contribution in [0, 0.1) is 0 Å². The van der Waals surface area contributed by atoms with Crippen LogP contribution >= 0.6 is 0 Å². The molecular weight excluding hydrogens is 528 g/mol. The monoisotopic (exact) mass is 558 g/mol. The summed E-state index contributed by atoms with van der Waals surface area (Å²) < 4.78 is 66.3. The average molecular weight is 559 g/mol. The fourth-order valence-corrected chi connectivity index (χ4v) is 6.26. The van der Waals surface area contributed by atoms with E-state index in [1.54, 1.807) is 37.4 Å². The Morgan fingerprint density at radius 1 is 1.18 bits per heavy atom. The Balaban J connectivity index is 1.46. The van der Waals surface area contributed by atoms with E-state index in [0.29, 0.717) is 37.1 Å². The second-order valence-corrected chi connectivity index (χ2v) is 10.9. The van der Waals surface area contributed by atoms with Crippen LogP contribution in [-0.4, -0.2) is 61.1 Å². The molecule has 2 aliphatic rings. The summed E-state index contributed by atoms with van der Waals surface area (Å²) in [7, 11) is 3.51. The van der Waals surface area contributed by atoms with Gasteiger partial charge in [0.2, 0.25) is 0 Å². The first kappa shape index (κ1) is 26.7. The van der Waals surface area contributed by atoms with E-state index in [4.69, 9.17) is 4.74 Å². The number of methoxy groups -OCH3 is 1. The highest BCUT2D eigenvalue weighted by molar-refractivity contribution is 5.58. The van der Waals surface area contributed by atoms with Gasteiger partial charge < -0.3 is 9.30 Å². The number of hydrogen-bond acceptors (Lipinski definition) is 5. The van der Waals surface area contributed by atoms with Crippen molar-refractivity contribution in [3.63, 3.8) is 0 Å². The zero-order valence-electron chi connectivity index (χ0n) is 22.4. The van der Waals surface area contributed by atoms with Gasteiger partial charge in [-0.2, -0.15) is 13.2 Å². The minimum atomic E-state index is -4.69. The number of halogens is 4. The van der Waals surface area contributed by atoms with Gasteiger partial charge in [-0.15, -0.1) is 10.2 Å². The van der Waals surface area contributed by atoms with Gasteiger partial charge in [-0.1, -0.05) is 12.1 Å². The molecule has 4 aromatic rings. The molecule has 0 spiro atoms. The van der Waals surface area contributed by atoms with Crippen LogP contribution in [0.25, 0.3) is 11.2 Å². The third-order valence-corrected chi connectivity index (χ3v) is 8.59. The number of pyridine rings is 1. The summed E-state index contributed by atoms with van der Waals surface area (Å²) in [6.45, 7) is 2.34. The van der Waals surface area contributed by atoms with Gasteiger partial charge in [-0.25, -0.2) is 9.18 Å². The molecule has 2 fully saturated rings. The lowest BCUT2D eigenvalue weighted by Gasteiger charge is -2.46. The number of aromatic nitrogens is 5. The Labute approximate surface area is 227 Å². The standard InChI is InChI=1S/C28H30F4N6O2/c1-17(36-8-7-20(29)14-36)18-9-23(28(30,31)32)24-15-37(26(39)38(24)13-18)21-6-4-5-19(10-21)27(11-22(12-27)40-3)25-34-33-16-35(25)2/h4-6,9-10,13,15-17,20,22H,7-8,11-12,14H2,1-3H3/t17-,20+,22?,27?/m0/s1. The highest BCUT2D eigenvalue weighted by atomic mass is 19.4. The number of rotatable bonds is 6. The number of fused-ring (bicyclic) bond motifs is 1. The molecule has 212 valence electrons. The normalized spacial score (nSPS) is 24.5. The van der Waals surface area contributed by atoms with Gasteiger partial charge in [-0.05, 0) is 55.5 Å². The third kappa shape index (κ3) is 4.24. The van der Waals surface area contributed by atoms with E-state index in [9.17, 15) is 22.4 Å². The minimum absolute atomic E-state index is 0.0261. The maximum atomic E-state index is 14.3. The van der Waals surface area contributed by atoms with Gasteiger partial charge in [0.05, 0.1) is 28.3 Å². The zero-order valence-corrected chi connectivity index (χ0v) is 22.4. The van der Waals surface area contributed by atoms with Gasteiger partial charge in [0, 0.05) is 45.7 Å². The summed E-state index contributed by atoms with van der Waals surface area (Å²) >= 11 is 0. The topological polar surface area (TPSA) is 69.6 Å². The smallest absolute Gasteiger partial charge is 0.381 e. The number of ether oxygens (including phenoxy) is 1. The molecule has 1 aliphatic carbocycles. The van der Waals surface area contributed by atoms with Gasteiger partial charge in [0.25, 0.3) is 0 Å². The van der Waals surface area contributed by atoms with Crippen molar-refractivity contribution in [1.29, 1.82) is 0 Å². The van der Waals surface area contributed by atoms with Gasteiger partial charge in [0.1, 0.15) is 18.3 Å². The number of alkyl halides is 4.